The molecule has 0 aromatic carbocycles. The average Bonchev–Trinajstić information content (AvgIpc) is 3.39. The summed E-state index contributed by atoms with van der Waals surface area (Å²) in [6.45, 7) is 2.86. The Morgan fingerprint density at radius 1 is 1.30 bits per heavy atom. The zero-order chi connectivity index (χ0) is 23.6. The van der Waals surface area contributed by atoms with Crippen molar-refractivity contribution in [1.82, 2.24) is 30.0 Å². The first-order valence-corrected chi connectivity index (χ1v) is 11.3. The first kappa shape index (κ1) is 23.2. The quantitative estimate of drug-likeness (QED) is 0.464. The van der Waals surface area contributed by atoms with Crippen LogP contribution in [-0.4, -0.2) is 56.9 Å². The van der Waals surface area contributed by atoms with Crippen molar-refractivity contribution in [3.8, 4) is 6.01 Å². The average molecular weight is 485 g/mol. The Bertz CT molecular complexity index is 1150. The van der Waals surface area contributed by atoms with Gasteiger partial charge in [-0.25, -0.2) is 0 Å². The van der Waals surface area contributed by atoms with Crippen LogP contribution in [0.4, 0.5) is 19.0 Å². The Morgan fingerprint density at radius 3 is 2.85 bits per heavy atom. The second-order valence-electron chi connectivity index (χ2n) is 7.42. The third-order valence-corrected chi connectivity index (χ3v) is 6.14. The number of rotatable bonds is 8. The monoisotopic (exact) mass is 484 g/mol. The van der Waals surface area contributed by atoms with Crippen molar-refractivity contribution in [1.29, 1.82) is 0 Å². The smallest absolute Gasteiger partial charge is 0.451 e. The number of amides is 1. The number of carbonyl (C=O) groups excluding carboxylic acids is 1. The van der Waals surface area contributed by atoms with Crippen LogP contribution in [0, 0.1) is 0 Å². The lowest BCUT2D eigenvalue weighted by molar-refractivity contribution is -0.147. The number of nitrogens with one attached hydrogen (secondary N) is 1. The summed E-state index contributed by atoms with van der Waals surface area (Å²) in [4.78, 5) is 24.0. The molecule has 3 N–H and O–H groups in total. The Hall–Kier alpha value is -3.00. The Kier molecular flexibility index (Phi) is 6.65. The minimum atomic E-state index is -4.56. The van der Waals surface area contributed by atoms with E-state index < -0.39 is 12.0 Å². The summed E-state index contributed by atoms with van der Waals surface area (Å²) in [5.41, 5.74) is 5.26. The molecular weight excluding hydrogens is 461 g/mol. The highest BCUT2D eigenvalue weighted by Crippen LogP contribution is 2.35. The highest BCUT2D eigenvalue weighted by molar-refractivity contribution is 7.18. The lowest BCUT2D eigenvalue weighted by Gasteiger charge is -2.29. The summed E-state index contributed by atoms with van der Waals surface area (Å²) in [6.07, 6.45) is -2.71. The molecule has 3 aromatic heterocycles. The Labute approximate surface area is 191 Å². The fourth-order valence-corrected chi connectivity index (χ4v) is 4.68. The lowest BCUT2D eigenvalue weighted by atomic mass is 10.2. The maximum atomic E-state index is 13.2. The van der Waals surface area contributed by atoms with Crippen LogP contribution in [0.2, 0.25) is 0 Å². The number of aromatic nitrogens is 5. The van der Waals surface area contributed by atoms with Crippen molar-refractivity contribution >= 4 is 33.3 Å². The van der Waals surface area contributed by atoms with Crippen LogP contribution < -0.4 is 20.7 Å². The number of ether oxygens (including phenoxy) is 1. The number of nitrogens with zero attached hydrogens (tertiary/aromatic N) is 6. The second kappa shape index (κ2) is 9.47. The Morgan fingerprint density at radius 2 is 2.12 bits per heavy atom. The molecule has 1 amide bonds. The van der Waals surface area contributed by atoms with E-state index in [9.17, 15) is 18.0 Å². The van der Waals surface area contributed by atoms with Gasteiger partial charge in [0, 0.05) is 18.0 Å². The van der Waals surface area contributed by atoms with Gasteiger partial charge in [0.1, 0.15) is 17.3 Å². The molecule has 0 fully saturated rings. The predicted molar refractivity (Wildman–Crippen MR) is 115 cm³/mol. The SMILES string of the molecule is CCCc1cc2c(N3CCn4c(nnc4C(F)(F)F)C3)nc(OCCNC(=O)CN)nc2s1. The summed E-state index contributed by atoms with van der Waals surface area (Å²) in [7, 11) is 0. The number of fused-ring (bicyclic) bond motifs is 2. The molecule has 0 radical (unpaired) electrons. The van der Waals surface area contributed by atoms with E-state index in [1.165, 1.54) is 11.3 Å². The van der Waals surface area contributed by atoms with Crippen molar-refractivity contribution in [2.24, 2.45) is 5.73 Å². The number of nitrogens with two attached hydrogens (primary N) is 1. The van der Waals surface area contributed by atoms with E-state index in [2.05, 4.69) is 32.4 Å². The highest BCUT2D eigenvalue weighted by Gasteiger charge is 2.39. The molecule has 178 valence electrons. The minimum absolute atomic E-state index is 0.0793. The summed E-state index contributed by atoms with van der Waals surface area (Å²) < 4.78 is 46.3. The number of hydrogen-bond acceptors (Lipinski definition) is 9. The molecule has 33 heavy (non-hydrogen) atoms. The standard InChI is InChI=1S/C19H23F3N8O2S/c1-2-3-11-8-12-15(25-18(26-16(12)33-11)32-7-4-24-14(31)9-23)29-5-6-30-13(10-29)27-28-17(30)19(20,21)22/h8H,2-7,9-10,23H2,1H3,(H,24,31). The molecule has 0 spiro atoms. The van der Waals surface area contributed by atoms with Gasteiger partial charge in [-0.2, -0.15) is 23.1 Å². The normalized spacial score (nSPS) is 13.9. The number of aryl methyl sites for hydroxylation is 1. The fourth-order valence-electron chi connectivity index (χ4n) is 3.57. The maximum Gasteiger partial charge on any atom is 0.451 e. The van der Waals surface area contributed by atoms with Crippen LogP contribution in [0.1, 0.15) is 29.9 Å². The van der Waals surface area contributed by atoms with Gasteiger partial charge in [0.25, 0.3) is 0 Å². The van der Waals surface area contributed by atoms with Gasteiger partial charge in [-0.05, 0) is 12.5 Å². The highest BCUT2D eigenvalue weighted by atomic mass is 32.1. The topological polar surface area (TPSA) is 124 Å². The number of halogens is 3. The van der Waals surface area contributed by atoms with Crippen molar-refractivity contribution in [3.05, 3.63) is 22.6 Å². The molecule has 1 aliphatic rings. The molecule has 0 saturated heterocycles. The van der Waals surface area contributed by atoms with E-state index in [0.717, 1.165) is 32.5 Å². The van der Waals surface area contributed by atoms with E-state index >= 15 is 0 Å². The molecule has 3 aromatic rings. The van der Waals surface area contributed by atoms with Crippen LogP contribution in [-0.2, 0) is 30.5 Å². The molecule has 4 heterocycles. The third kappa shape index (κ3) is 5.00. The molecular formula is C19H23F3N8O2S. The molecule has 10 nitrogen and oxygen atoms in total. The van der Waals surface area contributed by atoms with Gasteiger partial charge in [0.05, 0.1) is 25.0 Å². The van der Waals surface area contributed by atoms with Crippen molar-refractivity contribution < 1.29 is 22.7 Å². The molecule has 0 aliphatic carbocycles. The zero-order valence-electron chi connectivity index (χ0n) is 17.9. The molecule has 14 heteroatoms. The van der Waals surface area contributed by atoms with E-state index in [-0.39, 0.29) is 50.5 Å². The van der Waals surface area contributed by atoms with E-state index in [1.54, 1.807) is 0 Å². The maximum absolute atomic E-state index is 13.2. The molecule has 4 rings (SSSR count). The summed E-state index contributed by atoms with van der Waals surface area (Å²) in [5.74, 6) is -0.498. The van der Waals surface area contributed by atoms with Crippen LogP contribution in [0.3, 0.4) is 0 Å². The van der Waals surface area contributed by atoms with Gasteiger partial charge < -0.3 is 25.3 Å². The summed E-state index contributed by atoms with van der Waals surface area (Å²) >= 11 is 1.53. The van der Waals surface area contributed by atoms with Gasteiger partial charge in [-0.15, -0.1) is 21.5 Å². The van der Waals surface area contributed by atoms with Gasteiger partial charge in [0.2, 0.25) is 11.7 Å². The van der Waals surface area contributed by atoms with Crippen LogP contribution in [0.5, 0.6) is 6.01 Å². The first-order valence-electron chi connectivity index (χ1n) is 10.4. The number of thiophene rings is 1. The van der Waals surface area contributed by atoms with Crippen LogP contribution in [0.15, 0.2) is 6.07 Å². The predicted octanol–water partition coefficient (Wildman–Crippen LogP) is 1.73. The van der Waals surface area contributed by atoms with E-state index in [0.29, 0.717) is 12.4 Å². The molecule has 0 unspecified atom stereocenters. The number of carbonyl (C=O) groups is 1. The van der Waals surface area contributed by atoms with Gasteiger partial charge in [0.15, 0.2) is 5.82 Å². The molecule has 0 saturated carbocycles. The van der Waals surface area contributed by atoms with Crippen molar-refractivity contribution in [2.45, 2.75) is 39.0 Å². The molecule has 1 aliphatic heterocycles. The lowest BCUT2D eigenvalue weighted by Crippen LogP contribution is -2.36. The zero-order valence-corrected chi connectivity index (χ0v) is 18.7. The summed E-state index contributed by atoms with van der Waals surface area (Å²) in [6, 6.07) is 2.15. The van der Waals surface area contributed by atoms with E-state index in [1.807, 2.05) is 11.0 Å². The largest absolute Gasteiger partial charge is 0.462 e. The van der Waals surface area contributed by atoms with Crippen molar-refractivity contribution in [3.63, 3.8) is 0 Å². The van der Waals surface area contributed by atoms with Crippen LogP contribution >= 0.6 is 11.3 Å². The van der Waals surface area contributed by atoms with Gasteiger partial charge in [-0.3, -0.25) is 4.79 Å². The fraction of sp³-hybridized carbons (Fsp3) is 0.526. The Balaban J connectivity index is 1.61. The number of hydrogen-bond donors (Lipinski definition) is 2. The van der Waals surface area contributed by atoms with Gasteiger partial charge >= 0.3 is 12.2 Å². The minimum Gasteiger partial charge on any atom is -0.462 e. The number of alkyl halides is 3. The number of anilines is 1. The third-order valence-electron chi connectivity index (χ3n) is 5.05. The van der Waals surface area contributed by atoms with Gasteiger partial charge in [-0.1, -0.05) is 13.3 Å². The summed E-state index contributed by atoms with van der Waals surface area (Å²) in [5, 5.41) is 10.5. The second-order valence-corrected chi connectivity index (χ2v) is 8.54. The van der Waals surface area contributed by atoms with Crippen molar-refractivity contribution in [2.75, 3.05) is 31.1 Å². The van der Waals surface area contributed by atoms with Crippen LogP contribution in [0.25, 0.3) is 10.2 Å². The van der Waals surface area contributed by atoms with E-state index in [4.69, 9.17) is 10.5 Å². The molecule has 0 bridgehead atoms. The molecule has 0 atom stereocenters. The first-order chi connectivity index (χ1) is 15.8.